The molecule has 5 heteroatoms. The number of hydrogen-bond acceptors (Lipinski definition) is 2. The minimum absolute atomic E-state index is 0.311. The highest BCUT2D eigenvalue weighted by atomic mass is 79.9. The summed E-state index contributed by atoms with van der Waals surface area (Å²) in [5.74, 6) is 1.47. The van der Waals surface area contributed by atoms with Gasteiger partial charge in [0.2, 0.25) is 0 Å². The van der Waals surface area contributed by atoms with Crippen LogP contribution >= 0.6 is 39.1 Å². The maximum atomic E-state index is 6.67. The van der Waals surface area contributed by atoms with Gasteiger partial charge in [-0.15, -0.1) is 11.6 Å². The van der Waals surface area contributed by atoms with Crippen molar-refractivity contribution in [3.05, 3.63) is 56.5 Å². The van der Waals surface area contributed by atoms with Gasteiger partial charge in [0.15, 0.2) is 11.5 Å². The summed E-state index contributed by atoms with van der Waals surface area (Å²) in [7, 11) is 0. The third-order valence-electron chi connectivity index (χ3n) is 3.52. The van der Waals surface area contributed by atoms with Crippen LogP contribution in [0.15, 0.2) is 34.8 Å². The lowest BCUT2D eigenvalue weighted by Gasteiger charge is -2.22. The molecule has 0 aliphatic carbocycles. The molecular weight excluding hydrogens is 375 g/mol. The number of fused-ring (bicyclic) bond motifs is 1. The second-order valence-electron chi connectivity index (χ2n) is 4.83. The zero-order valence-electron chi connectivity index (χ0n) is 11.3. The van der Waals surface area contributed by atoms with Gasteiger partial charge in [-0.05, 0) is 41.8 Å². The third-order valence-corrected chi connectivity index (χ3v) is 5.08. The maximum absolute atomic E-state index is 6.67. The highest BCUT2D eigenvalue weighted by Gasteiger charge is 2.21. The van der Waals surface area contributed by atoms with Crippen molar-refractivity contribution in [1.82, 2.24) is 0 Å². The van der Waals surface area contributed by atoms with Crippen LogP contribution in [0.25, 0.3) is 0 Å². The van der Waals surface area contributed by atoms with Crippen LogP contribution in [0, 0.1) is 6.92 Å². The first kappa shape index (κ1) is 15.0. The predicted molar refractivity (Wildman–Crippen MR) is 89.0 cm³/mol. The van der Waals surface area contributed by atoms with E-state index in [2.05, 4.69) is 15.9 Å². The SMILES string of the molecule is Cc1c(Cl)cccc1C(Cl)c1cc2c(cc1Br)OCCO2. The van der Waals surface area contributed by atoms with E-state index >= 15 is 0 Å². The highest BCUT2D eigenvalue weighted by molar-refractivity contribution is 9.10. The summed E-state index contributed by atoms with van der Waals surface area (Å²) < 4.78 is 12.1. The van der Waals surface area contributed by atoms with Gasteiger partial charge >= 0.3 is 0 Å². The fourth-order valence-electron chi connectivity index (χ4n) is 2.34. The lowest BCUT2D eigenvalue weighted by molar-refractivity contribution is 0.171. The fourth-order valence-corrected chi connectivity index (χ4v) is 3.62. The molecule has 0 radical (unpaired) electrons. The van der Waals surface area contributed by atoms with Crippen LogP contribution in [-0.2, 0) is 0 Å². The Morgan fingerprint density at radius 3 is 2.48 bits per heavy atom. The number of benzene rings is 2. The molecule has 0 N–H and O–H groups in total. The zero-order valence-corrected chi connectivity index (χ0v) is 14.4. The molecule has 0 saturated carbocycles. The highest BCUT2D eigenvalue weighted by Crippen LogP contribution is 2.42. The van der Waals surface area contributed by atoms with Crippen molar-refractivity contribution in [2.75, 3.05) is 13.2 Å². The van der Waals surface area contributed by atoms with Gasteiger partial charge in [-0.2, -0.15) is 0 Å². The van der Waals surface area contributed by atoms with E-state index in [1.54, 1.807) is 0 Å². The molecule has 1 aliphatic heterocycles. The Kier molecular flexibility index (Phi) is 4.34. The quantitative estimate of drug-likeness (QED) is 0.632. The molecule has 0 fully saturated rings. The van der Waals surface area contributed by atoms with Gasteiger partial charge in [0.1, 0.15) is 13.2 Å². The van der Waals surface area contributed by atoms with Crippen LogP contribution in [0.1, 0.15) is 22.1 Å². The molecule has 0 spiro atoms. The Labute approximate surface area is 142 Å². The van der Waals surface area contributed by atoms with Crippen molar-refractivity contribution in [2.24, 2.45) is 0 Å². The largest absolute Gasteiger partial charge is 0.486 e. The molecule has 2 aromatic carbocycles. The van der Waals surface area contributed by atoms with Gasteiger partial charge in [0, 0.05) is 9.50 Å². The monoisotopic (exact) mass is 386 g/mol. The number of hydrogen-bond donors (Lipinski definition) is 0. The topological polar surface area (TPSA) is 18.5 Å². The molecule has 1 heterocycles. The van der Waals surface area contributed by atoms with Crippen LogP contribution in [0.3, 0.4) is 0 Å². The van der Waals surface area contributed by atoms with Gasteiger partial charge in [-0.3, -0.25) is 0 Å². The molecule has 3 rings (SSSR count). The Morgan fingerprint density at radius 1 is 1.10 bits per heavy atom. The minimum Gasteiger partial charge on any atom is -0.486 e. The van der Waals surface area contributed by atoms with E-state index in [9.17, 15) is 0 Å². The molecule has 1 unspecified atom stereocenters. The summed E-state index contributed by atoms with van der Waals surface area (Å²) >= 11 is 16.4. The summed E-state index contributed by atoms with van der Waals surface area (Å²) in [6.45, 7) is 3.09. The van der Waals surface area contributed by atoms with Crippen molar-refractivity contribution in [2.45, 2.75) is 12.3 Å². The Balaban J connectivity index is 2.05. The van der Waals surface area contributed by atoms with Crippen molar-refractivity contribution >= 4 is 39.1 Å². The van der Waals surface area contributed by atoms with Crippen molar-refractivity contribution < 1.29 is 9.47 Å². The number of rotatable bonds is 2. The second-order valence-corrected chi connectivity index (χ2v) is 6.53. The lowest BCUT2D eigenvalue weighted by atomic mass is 9.99. The van der Waals surface area contributed by atoms with Crippen LogP contribution < -0.4 is 9.47 Å². The summed E-state index contributed by atoms with van der Waals surface area (Å²) in [6, 6.07) is 9.59. The van der Waals surface area contributed by atoms with E-state index in [0.717, 1.165) is 32.7 Å². The van der Waals surface area contributed by atoms with Gasteiger partial charge < -0.3 is 9.47 Å². The summed E-state index contributed by atoms with van der Waals surface area (Å²) in [5.41, 5.74) is 2.91. The minimum atomic E-state index is -0.311. The number of halogens is 3. The first-order chi connectivity index (χ1) is 10.1. The molecule has 1 atom stereocenters. The Hall–Kier alpha value is -0.900. The van der Waals surface area contributed by atoms with E-state index in [0.29, 0.717) is 18.2 Å². The maximum Gasteiger partial charge on any atom is 0.162 e. The van der Waals surface area contributed by atoms with Crippen molar-refractivity contribution in [3.8, 4) is 11.5 Å². The molecule has 110 valence electrons. The summed E-state index contributed by atoms with van der Waals surface area (Å²) in [4.78, 5) is 0. The van der Waals surface area contributed by atoms with Gasteiger partial charge in [-0.1, -0.05) is 39.7 Å². The molecule has 0 saturated heterocycles. The zero-order chi connectivity index (χ0) is 15.0. The summed E-state index contributed by atoms with van der Waals surface area (Å²) in [5, 5.41) is 0.403. The molecule has 0 amide bonds. The molecule has 21 heavy (non-hydrogen) atoms. The number of ether oxygens (including phenoxy) is 2. The standard InChI is InChI=1S/C16H13BrCl2O2/c1-9-10(3-2-4-13(9)18)16(19)11-7-14-15(8-12(11)17)21-6-5-20-14/h2-4,7-8,16H,5-6H2,1H3. The predicted octanol–water partition coefficient (Wildman–Crippen LogP) is 5.51. The second kappa shape index (κ2) is 6.07. The normalized spacial score (nSPS) is 14.9. The van der Waals surface area contributed by atoms with Gasteiger partial charge in [0.25, 0.3) is 0 Å². The van der Waals surface area contributed by atoms with Crippen LogP contribution in [0.2, 0.25) is 5.02 Å². The molecule has 1 aliphatic rings. The Bertz CT molecular complexity index is 688. The smallest absolute Gasteiger partial charge is 0.162 e. The first-order valence-electron chi connectivity index (χ1n) is 6.56. The molecule has 0 aromatic heterocycles. The average molecular weight is 388 g/mol. The molecule has 2 aromatic rings. The van der Waals surface area contributed by atoms with Crippen LogP contribution in [0.5, 0.6) is 11.5 Å². The number of alkyl halides is 1. The van der Waals surface area contributed by atoms with E-state index in [1.165, 1.54) is 0 Å². The van der Waals surface area contributed by atoms with E-state index in [-0.39, 0.29) is 5.38 Å². The molecular formula is C16H13BrCl2O2. The molecule has 2 nitrogen and oxygen atoms in total. The van der Waals surface area contributed by atoms with Crippen molar-refractivity contribution in [1.29, 1.82) is 0 Å². The first-order valence-corrected chi connectivity index (χ1v) is 8.17. The average Bonchev–Trinajstić information content (AvgIpc) is 2.48. The van der Waals surface area contributed by atoms with E-state index in [4.69, 9.17) is 32.7 Å². The van der Waals surface area contributed by atoms with E-state index in [1.807, 2.05) is 37.3 Å². The van der Waals surface area contributed by atoms with Gasteiger partial charge in [0.05, 0.1) is 5.38 Å². The fraction of sp³-hybridized carbons (Fsp3) is 0.250. The van der Waals surface area contributed by atoms with Crippen molar-refractivity contribution in [3.63, 3.8) is 0 Å². The van der Waals surface area contributed by atoms with Crippen LogP contribution in [-0.4, -0.2) is 13.2 Å². The van der Waals surface area contributed by atoms with Crippen LogP contribution in [0.4, 0.5) is 0 Å². The van der Waals surface area contributed by atoms with E-state index < -0.39 is 0 Å². The molecule has 0 bridgehead atoms. The summed E-state index contributed by atoms with van der Waals surface area (Å²) in [6.07, 6.45) is 0. The Morgan fingerprint density at radius 2 is 1.76 bits per heavy atom. The van der Waals surface area contributed by atoms with Gasteiger partial charge in [-0.25, -0.2) is 0 Å². The third kappa shape index (κ3) is 2.87. The lowest BCUT2D eigenvalue weighted by Crippen LogP contribution is -2.15.